The van der Waals surface area contributed by atoms with E-state index in [9.17, 15) is 4.79 Å². The predicted octanol–water partition coefficient (Wildman–Crippen LogP) is 3.84. The Morgan fingerprint density at radius 1 is 1.32 bits per heavy atom. The van der Waals surface area contributed by atoms with Gasteiger partial charge >= 0.3 is 5.97 Å². The molecule has 0 spiro atoms. The molecule has 0 saturated carbocycles. The summed E-state index contributed by atoms with van der Waals surface area (Å²) in [6, 6.07) is 9.14. The van der Waals surface area contributed by atoms with Crippen LogP contribution in [0.5, 0.6) is 0 Å². The van der Waals surface area contributed by atoms with Gasteiger partial charge in [0.1, 0.15) is 0 Å². The molecule has 1 aromatic carbocycles. The molecule has 100 valence electrons. The van der Waals surface area contributed by atoms with E-state index in [1.807, 2.05) is 12.1 Å². The van der Waals surface area contributed by atoms with Crippen molar-refractivity contribution in [3.63, 3.8) is 0 Å². The smallest absolute Gasteiger partial charge is 0.335 e. The molecule has 1 aromatic heterocycles. The SMILES string of the molecule is CN(Cc1ccc(C(=O)O)cc1)Cc1cc(Br)cs1. The maximum absolute atomic E-state index is 10.8. The van der Waals surface area contributed by atoms with Gasteiger partial charge in [-0.3, -0.25) is 4.90 Å². The standard InChI is InChI=1S/C14H14BrNO2S/c1-16(8-13-6-12(15)9-19-13)7-10-2-4-11(5-3-10)14(17)18/h2-6,9H,7-8H2,1H3,(H,17,18). The number of carbonyl (C=O) groups is 1. The van der Waals surface area contributed by atoms with Crippen LogP contribution in [0.3, 0.4) is 0 Å². The number of aromatic carboxylic acids is 1. The largest absolute Gasteiger partial charge is 0.478 e. The van der Waals surface area contributed by atoms with Crippen molar-refractivity contribution in [3.05, 3.63) is 56.2 Å². The van der Waals surface area contributed by atoms with Gasteiger partial charge in [-0.15, -0.1) is 11.3 Å². The van der Waals surface area contributed by atoms with Crippen LogP contribution in [-0.4, -0.2) is 23.0 Å². The van der Waals surface area contributed by atoms with Crippen LogP contribution in [0.25, 0.3) is 0 Å². The van der Waals surface area contributed by atoms with Gasteiger partial charge in [-0.05, 0) is 46.7 Å². The van der Waals surface area contributed by atoms with E-state index < -0.39 is 5.97 Å². The predicted molar refractivity (Wildman–Crippen MR) is 80.6 cm³/mol. The van der Waals surface area contributed by atoms with Crippen molar-refractivity contribution in [2.24, 2.45) is 0 Å². The molecule has 5 heteroatoms. The van der Waals surface area contributed by atoms with E-state index in [2.05, 4.69) is 39.3 Å². The molecule has 2 aromatic rings. The van der Waals surface area contributed by atoms with Gasteiger partial charge in [0.25, 0.3) is 0 Å². The molecule has 0 fully saturated rings. The summed E-state index contributed by atoms with van der Waals surface area (Å²) in [5, 5.41) is 10.9. The average molecular weight is 340 g/mol. The van der Waals surface area contributed by atoms with Gasteiger partial charge in [0.2, 0.25) is 0 Å². The lowest BCUT2D eigenvalue weighted by atomic mass is 10.1. The Hall–Kier alpha value is -1.17. The third kappa shape index (κ3) is 4.16. The fraction of sp³-hybridized carbons (Fsp3) is 0.214. The van der Waals surface area contributed by atoms with Crippen molar-refractivity contribution in [2.75, 3.05) is 7.05 Å². The van der Waals surface area contributed by atoms with Crippen molar-refractivity contribution < 1.29 is 9.90 Å². The molecule has 0 unspecified atom stereocenters. The van der Waals surface area contributed by atoms with Crippen LogP contribution in [0.4, 0.5) is 0 Å². The van der Waals surface area contributed by atoms with Crippen molar-refractivity contribution in [3.8, 4) is 0 Å². The molecule has 3 nitrogen and oxygen atoms in total. The van der Waals surface area contributed by atoms with E-state index in [-0.39, 0.29) is 0 Å². The lowest BCUT2D eigenvalue weighted by Crippen LogP contribution is -2.16. The van der Waals surface area contributed by atoms with Gasteiger partial charge in [0, 0.05) is 27.8 Å². The molecule has 2 rings (SSSR count). The molecule has 0 aliphatic rings. The van der Waals surface area contributed by atoms with E-state index in [4.69, 9.17) is 5.11 Å². The summed E-state index contributed by atoms with van der Waals surface area (Å²) >= 11 is 5.18. The number of halogens is 1. The highest BCUT2D eigenvalue weighted by molar-refractivity contribution is 9.10. The minimum Gasteiger partial charge on any atom is -0.478 e. The molecule has 0 aliphatic carbocycles. The first kappa shape index (κ1) is 14.2. The summed E-state index contributed by atoms with van der Waals surface area (Å²) in [4.78, 5) is 14.3. The van der Waals surface area contributed by atoms with Crippen molar-refractivity contribution in [1.82, 2.24) is 4.90 Å². The topological polar surface area (TPSA) is 40.5 Å². The molecule has 0 amide bonds. The zero-order valence-electron chi connectivity index (χ0n) is 10.5. The van der Waals surface area contributed by atoms with Crippen LogP contribution in [0.2, 0.25) is 0 Å². The van der Waals surface area contributed by atoms with E-state index >= 15 is 0 Å². The van der Waals surface area contributed by atoms with Gasteiger partial charge < -0.3 is 5.11 Å². The van der Waals surface area contributed by atoms with E-state index in [1.54, 1.807) is 23.5 Å². The summed E-state index contributed by atoms with van der Waals surface area (Å²) < 4.78 is 1.12. The zero-order chi connectivity index (χ0) is 13.8. The number of carboxylic acid groups (broad SMARTS) is 1. The van der Waals surface area contributed by atoms with Crippen LogP contribution >= 0.6 is 27.3 Å². The minimum atomic E-state index is -0.886. The maximum atomic E-state index is 10.8. The Morgan fingerprint density at radius 3 is 2.53 bits per heavy atom. The Morgan fingerprint density at radius 2 is 2.00 bits per heavy atom. The minimum absolute atomic E-state index is 0.327. The first-order valence-electron chi connectivity index (χ1n) is 5.78. The van der Waals surface area contributed by atoms with Gasteiger partial charge in [-0.1, -0.05) is 12.1 Å². The lowest BCUT2D eigenvalue weighted by molar-refractivity contribution is 0.0697. The number of hydrogen-bond acceptors (Lipinski definition) is 3. The quantitative estimate of drug-likeness (QED) is 0.899. The summed E-state index contributed by atoms with van der Waals surface area (Å²) in [6.07, 6.45) is 0. The van der Waals surface area contributed by atoms with E-state index in [1.165, 1.54) is 4.88 Å². The Bertz CT molecular complexity index is 565. The fourth-order valence-corrected chi connectivity index (χ4v) is 3.35. The van der Waals surface area contributed by atoms with Crippen LogP contribution in [-0.2, 0) is 13.1 Å². The second kappa shape index (κ2) is 6.32. The fourth-order valence-electron chi connectivity index (χ4n) is 1.82. The van der Waals surface area contributed by atoms with Crippen molar-refractivity contribution >= 4 is 33.2 Å². The average Bonchev–Trinajstić information content (AvgIpc) is 2.75. The van der Waals surface area contributed by atoms with E-state index in [0.29, 0.717) is 5.56 Å². The van der Waals surface area contributed by atoms with Crippen LogP contribution in [0.15, 0.2) is 40.2 Å². The Kier molecular flexibility index (Phi) is 4.74. The monoisotopic (exact) mass is 339 g/mol. The highest BCUT2D eigenvalue weighted by Gasteiger charge is 2.06. The van der Waals surface area contributed by atoms with E-state index in [0.717, 1.165) is 23.1 Å². The first-order valence-corrected chi connectivity index (χ1v) is 7.45. The van der Waals surface area contributed by atoms with Crippen molar-refractivity contribution in [1.29, 1.82) is 0 Å². The molecule has 1 N–H and O–H groups in total. The number of benzene rings is 1. The summed E-state index contributed by atoms with van der Waals surface area (Å²) in [6.45, 7) is 1.69. The van der Waals surface area contributed by atoms with Gasteiger partial charge in [0.05, 0.1) is 5.56 Å². The highest BCUT2D eigenvalue weighted by atomic mass is 79.9. The molecule has 0 saturated heterocycles. The summed E-state index contributed by atoms with van der Waals surface area (Å²) in [7, 11) is 2.05. The number of carboxylic acids is 1. The Labute approximate surface area is 124 Å². The zero-order valence-corrected chi connectivity index (χ0v) is 12.9. The second-order valence-corrected chi connectivity index (χ2v) is 6.32. The van der Waals surface area contributed by atoms with Gasteiger partial charge in [-0.25, -0.2) is 4.79 Å². The summed E-state index contributed by atoms with van der Waals surface area (Å²) in [5.41, 5.74) is 1.44. The first-order chi connectivity index (χ1) is 9.04. The number of rotatable bonds is 5. The molecule has 0 bridgehead atoms. The lowest BCUT2D eigenvalue weighted by Gasteiger charge is -2.15. The number of hydrogen-bond donors (Lipinski definition) is 1. The van der Waals surface area contributed by atoms with Gasteiger partial charge in [0.15, 0.2) is 0 Å². The van der Waals surface area contributed by atoms with Crippen LogP contribution in [0.1, 0.15) is 20.8 Å². The molecular formula is C14H14BrNO2S. The highest BCUT2D eigenvalue weighted by Crippen LogP contribution is 2.21. The third-order valence-corrected chi connectivity index (χ3v) is 4.38. The molecular weight excluding hydrogens is 326 g/mol. The second-order valence-electron chi connectivity index (χ2n) is 4.41. The summed E-state index contributed by atoms with van der Waals surface area (Å²) in [5.74, 6) is -0.886. The van der Waals surface area contributed by atoms with Crippen molar-refractivity contribution in [2.45, 2.75) is 13.1 Å². The normalized spacial score (nSPS) is 10.9. The number of thiophene rings is 1. The molecule has 0 atom stereocenters. The van der Waals surface area contributed by atoms with Crippen LogP contribution < -0.4 is 0 Å². The molecule has 1 heterocycles. The van der Waals surface area contributed by atoms with Crippen LogP contribution in [0, 0.1) is 0 Å². The number of nitrogens with zero attached hydrogens (tertiary/aromatic N) is 1. The maximum Gasteiger partial charge on any atom is 0.335 e. The molecule has 19 heavy (non-hydrogen) atoms. The third-order valence-electron chi connectivity index (χ3n) is 2.70. The molecule has 0 aliphatic heterocycles. The van der Waals surface area contributed by atoms with Gasteiger partial charge in [-0.2, -0.15) is 0 Å². The molecule has 0 radical (unpaired) electrons. The Balaban J connectivity index is 1.94.